The quantitative estimate of drug-likeness (QED) is 0.0354. The van der Waals surface area contributed by atoms with E-state index in [4.69, 9.17) is 10.2 Å². The van der Waals surface area contributed by atoms with Gasteiger partial charge in [-0.3, -0.25) is 77.5 Å². The number of aliphatic carboxylic acids is 8. The minimum Gasteiger partial charge on any atom is -0.480 e. The van der Waals surface area contributed by atoms with Crippen molar-refractivity contribution in [1.82, 2.24) is 39.2 Å². The topological polar surface area (TPSA) is 341 Å². The minimum absolute atomic E-state index is 0. The number of hydrogen-bond donors (Lipinski definition) is 8. The molecule has 1 saturated heterocycles. The van der Waals surface area contributed by atoms with Crippen molar-refractivity contribution in [2.45, 2.75) is 0 Å². The van der Waals surface area contributed by atoms with Crippen molar-refractivity contribution in [2.24, 2.45) is 0 Å². The fourth-order valence-corrected chi connectivity index (χ4v) is 5.90. The molecule has 1 amide bonds. The Kier molecular flexibility index (Phi) is 31.7. The predicted octanol–water partition coefficient (Wildman–Crippen LogP) is -8.38. The van der Waals surface area contributed by atoms with E-state index in [1.54, 1.807) is 4.90 Å². The Hall–Kier alpha value is -2.73. The van der Waals surface area contributed by atoms with Crippen LogP contribution in [0.4, 0.5) is 0 Å². The maximum Gasteiger partial charge on any atom is 3.00 e. The molecule has 8 N–H and O–H groups in total. The van der Waals surface area contributed by atoms with E-state index in [-0.39, 0.29) is 168 Å². The molecule has 1 fully saturated rings. The summed E-state index contributed by atoms with van der Waals surface area (Å²) in [5, 5.41) is 75.1. The summed E-state index contributed by atoms with van der Waals surface area (Å²) in [5.41, 5.74) is 0. The third-order valence-corrected chi connectivity index (χ3v) is 8.62. The summed E-state index contributed by atoms with van der Waals surface area (Å²) in [5.74, 6) is -10.5. The summed E-state index contributed by atoms with van der Waals surface area (Å²) >= 11 is 0. The zero-order valence-electron chi connectivity index (χ0n) is 32.9. The molecule has 59 heavy (non-hydrogen) atoms. The van der Waals surface area contributed by atoms with Crippen molar-refractivity contribution in [3.8, 4) is 0 Å². The van der Waals surface area contributed by atoms with Crippen LogP contribution in [0.3, 0.4) is 0 Å². The summed E-state index contributed by atoms with van der Waals surface area (Å²) in [6.45, 7) is -4.86. The molecule has 1 radical (unpaired) electrons. The molecule has 0 bridgehead atoms. The van der Waals surface area contributed by atoms with Crippen molar-refractivity contribution in [1.29, 1.82) is 0 Å². The SMILES string of the molecule is O=C(O)CN1CCN(CC(=O)O)CCN(C(=O)CN(CCN(CCN(CCN(CC(=O)O)CC(=O)O)CC(=O)O)CC(=O)O)CC(=O)O)CCN(CC(=O)O)CC1.[Gd+3].[Na+]. The molecule has 1 rings (SSSR count). The number of carbonyl (C=O) groups excluding carboxylic acids is 1. The van der Waals surface area contributed by atoms with Gasteiger partial charge in [-0.1, -0.05) is 0 Å². The first kappa shape index (κ1) is 58.4. The molecule has 1 aliphatic heterocycles. The van der Waals surface area contributed by atoms with Crippen LogP contribution in [0, 0.1) is 39.9 Å². The van der Waals surface area contributed by atoms with Crippen LogP contribution in [0.25, 0.3) is 0 Å². The molecule has 25 nitrogen and oxygen atoms in total. The first-order valence-corrected chi connectivity index (χ1v) is 17.8. The molecule has 0 aromatic heterocycles. The van der Waals surface area contributed by atoms with Gasteiger partial charge in [-0.15, -0.1) is 0 Å². The Labute approximate surface area is 394 Å². The van der Waals surface area contributed by atoms with Gasteiger partial charge in [-0.25, -0.2) is 0 Å². The van der Waals surface area contributed by atoms with E-state index in [0.29, 0.717) is 0 Å². The number of amides is 1. The number of nitrogens with zero attached hydrogens (tertiary/aromatic N) is 8. The van der Waals surface area contributed by atoms with Gasteiger partial charge in [0.15, 0.2) is 0 Å². The zero-order chi connectivity index (χ0) is 43.1. The van der Waals surface area contributed by atoms with E-state index in [1.165, 1.54) is 29.4 Å². The van der Waals surface area contributed by atoms with Crippen LogP contribution in [0.15, 0.2) is 0 Å². The largest absolute Gasteiger partial charge is 3.00 e. The van der Waals surface area contributed by atoms with Crippen molar-refractivity contribution in [2.75, 3.05) is 151 Å². The molecular weight excluding hydrogens is 949 g/mol. The van der Waals surface area contributed by atoms with Crippen molar-refractivity contribution in [3.05, 3.63) is 0 Å². The third-order valence-electron chi connectivity index (χ3n) is 8.62. The molecule has 1 heterocycles. The Bertz CT molecular complexity index is 1350. The van der Waals surface area contributed by atoms with Crippen LogP contribution in [0.1, 0.15) is 0 Å². The van der Waals surface area contributed by atoms with Gasteiger partial charge in [-0.2, -0.15) is 0 Å². The third kappa shape index (κ3) is 30.0. The van der Waals surface area contributed by atoms with E-state index < -0.39 is 106 Å². The average molecular weight is 1000 g/mol. The fraction of sp³-hybridized carbons (Fsp3) is 0.719. The summed E-state index contributed by atoms with van der Waals surface area (Å²) in [4.78, 5) is 117. The Morgan fingerprint density at radius 2 is 0.559 bits per heavy atom. The van der Waals surface area contributed by atoms with E-state index in [9.17, 15) is 73.8 Å². The summed E-state index contributed by atoms with van der Waals surface area (Å²) in [6, 6.07) is 0. The molecule has 0 aliphatic carbocycles. The van der Waals surface area contributed by atoms with Crippen molar-refractivity contribution >= 4 is 53.7 Å². The Balaban J connectivity index is 0. The molecule has 0 unspecified atom stereocenters. The van der Waals surface area contributed by atoms with Gasteiger partial charge in [-0.05, 0) is 0 Å². The molecule has 0 aromatic carbocycles. The number of carboxylic acids is 8. The molecule has 0 atom stereocenters. The second kappa shape index (κ2) is 32.1. The van der Waals surface area contributed by atoms with Gasteiger partial charge >= 0.3 is 117 Å². The monoisotopic (exact) mass is 1000 g/mol. The van der Waals surface area contributed by atoms with Gasteiger partial charge < -0.3 is 45.8 Å². The normalized spacial score (nSPS) is 14.8. The number of carbonyl (C=O) groups is 9. The second-order valence-corrected chi connectivity index (χ2v) is 13.3. The molecule has 329 valence electrons. The summed E-state index contributed by atoms with van der Waals surface area (Å²) in [6.07, 6.45) is 0. The van der Waals surface area contributed by atoms with Gasteiger partial charge in [0.2, 0.25) is 5.91 Å². The number of hydrogen-bond acceptors (Lipinski definition) is 16. The van der Waals surface area contributed by atoms with Gasteiger partial charge in [0.05, 0.1) is 58.9 Å². The van der Waals surface area contributed by atoms with Crippen molar-refractivity contribution in [3.63, 3.8) is 0 Å². The predicted molar refractivity (Wildman–Crippen MR) is 193 cm³/mol. The van der Waals surface area contributed by atoms with Gasteiger partial charge in [0, 0.05) is 91.6 Å². The second-order valence-electron chi connectivity index (χ2n) is 13.3. The van der Waals surface area contributed by atoms with Crippen LogP contribution < -0.4 is 29.6 Å². The fourth-order valence-electron chi connectivity index (χ4n) is 5.90. The molecular formula is C32H54GdN8NaO17+4. The van der Waals surface area contributed by atoms with Crippen LogP contribution in [0.2, 0.25) is 0 Å². The first-order valence-electron chi connectivity index (χ1n) is 17.8. The standard InChI is InChI=1S/C32H54N8O17.Gd.Na/c41-24(40-13-11-36(19-28(48)49)5-3-33(16-25(42)43)4-6-37(12-14-40)20-29(50)51)15-38(21-30(52)53)9-7-34(17-26(44)45)1-2-35(18-27(46)47)8-10-39(22-31(54)55)23-32(56)57;;/h1-23H2,(H,42,43)(H,44,45)(H,46,47)(H,48,49)(H,50,51)(H,52,53)(H,54,55)(H,56,57);;/q;+3;+1. The van der Waals surface area contributed by atoms with E-state index >= 15 is 0 Å². The smallest absolute Gasteiger partial charge is 0.480 e. The van der Waals surface area contributed by atoms with Crippen LogP contribution in [0.5, 0.6) is 0 Å². The van der Waals surface area contributed by atoms with Gasteiger partial charge in [0.1, 0.15) is 0 Å². The van der Waals surface area contributed by atoms with E-state index in [1.807, 2.05) is 0 Å². The van der Waals surface area contributed by atoms with Crippen LogP contribution in [-0.2, 0) is 43.2 Å². The van der Waals surface area contributed by atoms with E-state index in [0.717, 1.165) is 4.90 Å². The van der Waals surface area contributed by atoms with Crippen LogP contribution >= 0.6 is 0 Å². The summed E-state index contributed by atoms with van der Waals surface area (Å²) < 4.78 is 0. The molecule has 0 saturated carbocycles. The maximum absolute atomic E-state index is 13.7. The average Bonchev–Trinajstić information content (AvgIpc) is 3.06. The first-order chi connectivity index (χ1) is 26.7. The Morgan fingerprint density at radius 1 is 0.339 bits per heavy atom. The molecule has 27 heteroatoms. The van der Waals surface area contributed by atoms with Crippen molar-refractivity contribution < 1.29 is 154 Å². The number of rotatable bonds is 27. The Morgan fingerprint density at radius 3 is 0.814 bits per heavy atom. The molecule has 0 aromatic rings. The van der Waals surface area contributed by atoms with E-state index in [2.05, 4.69) is 0 Å². The summed E-state index contributed by atoms with van der Waals surface area (Å²) in [7, 11) is 0. The maximum atomic E-state index is 13.7. The molecule has 1 aliphatic rings. The minimum atomic E-state index is -1.31. The zero-order valence-corrected chi connectivity index (χ0v) is 37.2. The van der Waals surface area contributed by atoms with Crippen LogP contribution in [-0.4, -0.2) is 284 Å². The number of carboxylic acid groups (broad SMARTS) is 8. The van der Waals surface area contributed by atoms with Gasteiger partial charge in [0.25, 0.3) is 0 Å². The molecule has 0 spiro atoms.